The summed E-state index contributed by atoms with van der Waals surface area (Å²) in [6.45, 7) is 2.72. The van der Waals surface area contributed by atoms with Gasteiger partial charge in [0.1, 0.15) is 5.82 Å². The quantitative estimate of drug-likeness (QED) is 0.849. The third-order valence-corrected chi connectivity index (χ3v) is 3.30. The van der Waals surface area contributed by atoms with E-state index in [-0.39, 0.29) is 5.82 Å². The van der Waals surface area contributed by atoms with Crippen LogP contribution < -0.4 is 10.6 Å². The van der Waals surface area contributed by atoms with E-state index in [1.807, 2.05) is 7.05 Å². The summed E-state index contributed by atoms with van der Waals surface area (Å²) in [6.07, 6.45) is 1.03. The molecule has 0 aromatic heterocycles. The van der Waals surface area contributed by atoms with Crippen molar-refractivity contribution in [3.63, 3.8) is 0 Å². The molecule has 0 saturated heterocycles. The van der Waals surface area contributed by atoms with Gasteiger partial charge < -0.3 is 10.6 Å². The largest absolute Gasteiger partial charge is 0.398 e. The fraction of sp³-hybridized carbons (Fsp3) is 0.250. The average molecular weight is 258 g/mol. The van der Waals surface area contributed by atoms with E-state index in [0.29, 0.717) is 12.2 Å². The number of halogens is 1. The Labute approximate surface area is 113 Å². The van der Waals surface area contributed by atoms with Crippen LogP contribution in [0.25, 0.3) is 0 Å². The molecule has 2 aromatic rings. The van der Waals surface area contributed by atoms with Gasteiger partial charge in [-0.2, -0.15) is 0 Å². The lowest BCUT2D eigenvalue weighted by molar-refractivity contribution is 0.625. The van der Waals surface area contributed by atoms with Gasteiger partial charge in [0.25, 0.3) is 0 Å². The van der Waals surface area contributed by atoms with Crippen LogP contribution in [0.1, 0.15) is 18.1 Å². The maximum Gasteiger partial charge on any atom is 0.123 e. The van der Waals surface area contributed by atoms with Crippen LogP contribution in [0.2, 0.25) is 0 Å². The van der Waals surface area contributed by atoms with Crippen molar-refractivity contribution in [3.05, 3.63) is 59.4 Å². The van der Waals surface area contributed by atoms with E-state index in [0.717, 1.165) is 17.7 Å². The van der Waals surface area contributed by atoms with Crippen molar-refractivity contribution < 1.29 is 4.39 Å². The first-order valence-corrected chi connectivity index (χ1v) is 6.44. The number of nitrogen functional groups attached to an aromatic ring is 1. The summed E-state index contributed by atoms with van der Waals surface area (Å²) >= 11 is 0. The SMILES string of the molecule is CCc1ccc(N(C)Cc2cc(F)ccc2N)cc1. The van der Waals surface area contributed by atoms with Gasteiger partial charge in [-0.1, -0.05) is 19.1 Å². The first kappa shape index (κ1) is 13.4. The molecule has 100 valence electrons. The molecule has 0 fully saturated rings. The summed E-state index contributed by atoms with van der Waals surface area (Å²) < 4.78 is 13.2. The molecule has 0 aliphatic carbocycles. The van der Waals surface area contributed by atoms with Crippen LogP contribution in [-0.4, -0.2) is 7.05 Å². The predicted molar refractivity (Wildman–Crippen MR) is 78.7 cm³/mol. The van der Waals surface area contributed by atoms with E-state index in [1.165, 1.54) is 17.7 Å². The van der Waals surface area contributed by atoms with Gasteiger partial charge in [-0.3, -0.25) is 0 Å². The van der Waals surface area contributed by atoms with E-state index >= 15 is 0 Å². The summed E-state index contributed by atoms with van der Waals surface area (Å²) in [5.74, 6) is -0.251. The molecule has 19 heavy (non-hydrogen) atoms. The van der Waals surface area contributed by atoms with Crippen molar-refractivity contribution in [2.75, 3.05) is 17.7 Å². The minimum absolute atomic E-state index is 0.251. The number of hydrogen-bond donors (Lipinski definition) is 1. The number of aryl methyl sites for hydroxylation is 1. The number of nitrogens with zero attached hydrogens (tertiary/aromatic N) is 1. The first-order valence-electron chi connectivity index (χ1n) is 6.44. The van der Waals surface area contributed by atoms with Crippen molar-refractivity contribution in [2.24, 2.45) is 0 Å². The first-order chi connectivity index (χ1) is 9.10. The Morgan fingerprint density at radius 2 is 1.79 bits per heavy atom. The van der Waals surface area contributed by atoms with Gasteiger partial charge in [-0.25, -0.2) is 4.39 Å². The minimum atomic E-state index is -0.251. The second kappa shape index (κ2) is 5.74. The summed E-state index contributed by atoms with van der Waals surface area (Å²) in [4.78, 5) is 2.06. The molecule has 0 amide bonds. The molecular weight excluding hydrogens is 239 g/mol. The van der Waals surface area contributed by atoms with Gasteiger partial charge in [-0.05, 0) is 47.9 Å². The number of nitrogens with two attached hydrogens (primary N) is 1. The molecule has 0 saturated carbocycles. The fourth-order valence-corrected chi connectivity index (χ4v) is 2.04. The van der Waals surface area contributed by atoms with Gasteiger partial charge >= 0.3 is 0 Å². The Balaban J connectivity index is 2.15. The van der Waals surface area contributed by atoms with Crippen LogP contribution in [0.5, 0.6) is 0 Å². The molecule has 3 heteroatoms. The summed E-state index contributed by atoms with van der Waals surface area (Å²) in [6, 6.07) is 12.9. The topological polar surface area (TPSA) is 29.3 Å². The van der Waals surface area contributed by atoms with Crippen molar-refractivity contribution in [2.45, 2.75) is 19.9 Å². The third-order valence-electron chi connectivity index (χ3n) is 3.30. The molecule has 2 aromatic carbocycles. The maximum atomic E-state index is 13.2. The highest BCUT2D eigenvalue weighted by molar-refractivity contribution is 5.52. The van der Waals surface area contributed by atoms with E-state index in [1.54, 1.807) is 6.07 Å². The zero-order valence-corrected chi connectivity index (χ0v) is 11.4. The number of benzene rings is 2. The standard InChI is InChI=1S/C16H19FN2/c1-3-12-4-7-15(8-5-12)19(2)11-13-10-14(17)6-9-16(13)18/h4-10H,3,11,18H2,1-2H3. The molecule has 0 aliphatic rings. The average Bonchev–Trinajstić information content (AvgIpc) is 2.43. The number of anilines is 2. The molecule has 2 nitrogen and oxygen atoms in total. The summed E-state index contributed by atoms with van der Waals surface area (Å²) in [7, 11) is 1.98. The van der Waals surface area contributed by atoms with Gasteiger partial charge in [-0.15, -0.1) is 0 Å². The lowest BCUT2D eigenvalue weighted by Crippen LogP contribution is -2.17. The Morgan fingerprint density at radius 1 is 1.11 bits per heavy atom. The van der Waals surface area contributed by atoms with Gasteiger partial charge in [0.05, 0.1) is 0 Å². The monoisotopic (exact) mass is 258 g/mol. The van der Waals surface area contributed by atoms with E-state index in [2.05, 4.69) is 36.1 Å². The normalized spacial score (nSPS) is 10.5. The van der Waals surface area contributed by atoms with Crippen LogP contribution in [-0.2, 0) is 13.0 Å². The third kappa shape index (κ3) is 3.25. The van der Waals surface area contributed by atoms with Crippen LogP contribution in [0.4, 0.5) is 15.8 Å². The summed E-state index contributed by atoms with van der Waals surface area (Å²) in [5, 5.41) is 0. The molecule has 0 aliphatic heterocycles. The highest BCUT2D eigenvalue weighted by Crippen LogP contribution is 2.20. The summed E-state index contributed by atoms with van der Waals surface area (Å²) in [5.41, 5.74) is 9.70. The zero-order valence-electron chi connectivity index (χ0n) is 11.4. The molecule has 2 rings (SSSR count). The zero-order chi connectivity index (χ0) is 13.8. The van der Waals surface area contributed by atoms with Gasteiger partial charge in [0.2, 0.25) is 0 Å². The van der Waals surface area contributed by atoms with Gasteiger partial charge in [0, 0.05) is 25.0 Å². The highest BCUT2D eigenvalue weighted by Gasteiger charge is 2.06. The second-order valence-electron chi connectivity index (χ2n) is 4.72. The predicted octanol–water partition coefficient (Wildman–Crippen LogP) is 3.61. The highest BCUT2D eigenvalue weighted by atomic mass is 19.1. The minimum Gasteiger partial charge on any atom is -0.398 e. The van der Waals surface area contributed by atoms with Crippen molar-refractivity contribution in [1.29, 1.82) is 0 Å². The molecule has 2 N–H and O–H groups in total. The van der Waals surface area contributed by atoms with E-state index < -0.39 is 0 Å². The molecule has 0 atom stereocenters. The van der Waals surface area contributed by atoms with Crippen LogP contribution >= 0.6 is 0 Å². The lowest BCUT2D eigenvalue weighted by atomic mass is 10.1. The molecule has 0 radical (unpaired) electrons. The Morgan fingerprint density at radius 3 is 2.42 bits per heavy atom. The molecule has 0 bridgehead atoms. The number of rotatable bonds is 4. The Kier molecular flexibility index (Phi) is 4.05. The maximum absolute atomic E-state index is 13.2. The van der Waals surface area contributed by atoms with Crippen molar-refractivity contribution in [1.82, 2.24) is 0 Å². The van der Waals surface area contributed by atoms with Crippen molar-refractivity contribution in [3.8, 4) is 0 Å². The van der Waals surface area contributed by atoms with E-state index in [4.69, 9.17) is 5.73 Å². The molecule has 0 spiro atoms. The van der Waals surface area contributed by atoms with Crippen molar-refractivity contribution >= 4 is 11.4 Å². The smallest absolute Gasteiger partial charge is 0.123 e. The Bertz CT molecular complexity index is 549. The van der Waals surface area contributed by atoms with E-state index in [9.17, 15) is 4.39 Å². The van der Waals surface area contributed by atoms with Gasteiger partial charge in [0.15, 0.2) is 0 Å². The van der Waals surface area contributed by atoms with Crippen LogP contribution in [0, 0.1) is 5.82 Å². The second-order valence-corrected chi connectivity index (χ2v) is 4.72. The molecular formula is C16H19FN2. The lowest BCUT2D eigenvalue weighted by Gasteiger charge is -2.20. The molecule has 0 heterocycles. The van der Waals surface area contributed by atoms with Crippen LogP contribution in [0.3, 0.4) is 0 Å². The number of hydrogen-bond acceptors (Lipinski definition) is 2. The van der Waals surface area contributed by atoms with Crippen LogP contribution in [0.15, 0.2) is 42.5 Å². The molecule has 0 unspecified atom stereocenters. The fourth-order valence-electron chi connectivity index (χ4n) is 2.04. The Hall–Kier alpha value is -2.03.